The van der Waals surface area contributed by atoms with Crippen LogP contribution in [0.5, 0.6) is 0 Å². The zero-order chi connectivity index (χ0) is 22.3. The fraction of sp³-hybridized carbons (Fsp3) is 0.167. The van der Waals surface area contributed by atoms with E-state index in [4.69, 9.17) is 4.74 Å². The lowest BCUT2D eigenvalue weighted by molar-refractivity contribution is -0.384. The number of azo groups is 1. The Morgan fingerprint density at radius 2 is 1.77 bits per heavy atom. The summed E-state index contributed by atoms with van der Waals surface area (Å²) < 4.78 is 41.9. The van der Waals surface area contributed by atoms with Gasteiger partial charge in [0.15, 0.2) is 5.76 Å². The largest absolute Gasteiger partial charge is 0.505 e. The number of nitro groups is 1. The molecule has 0 aliphatic rings. The molecule has 2 rings (SSSR count). The second-order valence-electron chi connectivity index (χ2n) is 5.46. The zero-order valence-electron chi connectivity index (χ0n) is 15.3. The molecule has 0 aliphatic carbocycles. The number of hydrogen-bond donors (Lipinski definition) is 1. The van der Waals surface area contributed by atoms with Gasteiger partial charge in [0.1, 0.15) is 0 Å². The first-order valence-corrected chi connectivity index (χ1v) is 9.05. The maximum atomic E-state index is 12.4. The lowest BCUT2D eigenvalue weighted by atomic mass is 10.1. The van der Waals surface area contributed by atoms with Gasteiger partial charge >= 0.3 is 11.5 Å². The van der Waals surface area contributed by atoms with E-state index in [9.17, 15) is 33.2 Å². The number of nitro benzene ring substituents is 1. The van der Waals surface area contributed by atoms with Crippen LogP contribution in [0.15, 0.2) is 69.4 Å². The van der Waals surface area contributed by atoms with Crippen LogP contribution in [-0.4, -0.2) is 28.1 Å². The second kappa shape index (κ2) is 9.87. The minimum absolute atomic E-state index is 0.0191. The van der Waals surface area contributed by atoms with E-state index < -0.39 is 27.9 Å². The molecule has 0 aromatic heterocycles. The Morgan fingerprint density at radius 3 is 2.27 bits per heavy atom. The molecule has 0 saturated carbocycles. The first-order valence-electron chi connectivity index (χ1n) is 8.23. The van der Waals surface area contributed by atoms with Gasteiger partial charge in [0.25, 0.3) is 5.69 Å². The molecular formula is C18H14F3N3O5S. The summed E-state index contributed by atoms with van der Waals surface area (Å²) in [5, 5.41) is 28.5. The number of benzene rings is 2. The van der Waals surface area contributed by atoms with Crippen molar-refractivity contribution in [1.29, 1.82) is 0 Å². The minimum atomic E-state index is -4.43. The fourth-order valence-electron chi connectivity index (χ4n) is 2.08. The van der Waals surface area contributed by atoms with Gasteiger partial charge < -0.3 is 9.84 Å². The Hall–Kier alpha value is -3.41. The molecule has 0 amide bonds. The van der Waals surface area contributed by atoms with Crippen LogP contribution >= 0.6 is 11.8 Å². The van der Waals surface area contributed by atoms with Crippen molar-refractivity contribution in [3.8, 4) is 0 Å². The predicted molar refractivity (Wildman–Crippen MR) is 102 cm³/mol. The third-order valence-electron chi connectivity index (χ3n) is 3.38. The van der Waals surface area contributed by atoms with E-state index in [-0.39, 0.29) is 40.2 Å². The van der Waals surface area contributed by atoms with Crippen molar-refractivity contribution in [1.82, 2.24) is 0 Å². The molecule has 1 N–H and O–H groups in total. The fourth-order valence-corrected chi connectivity index (χ4v) is 2.62. The SMILES string of the molecule is CCOC(=O)/C(N=Nc1ccc(SC(F)(F)F)cc1)=C(/O)c1ccc([N+](=O)[O-])cc1. The molecule has 0 aliphatic heterocycles. The second-order valence-corrected chi connectivity index (χ2v) is 6.60. The summed E-state index contributed by atoms with van der Waals surface area (Å²) in [6, 6.07) is 9.54. The van der Waals surface area contributed by atoms with Gasteiger partial charge in [-0.15, -0.1) is 5.11 Å². The number of ether oxygens (including phenoxy) is 1. The van der Waals surface area contributed by atoms with Crippen molar-refractivity contribution < 1.29 is 32.7 Å². The summed E-state index contributed by atoms with van der Waals surface area (Å²) in [5.74, 6) is -1.63. The highest BCUT2D eigenvalue weighted by Crippen LogP contribution is 2.37. The van der Waals surface area contributed by atoms with Crippen LogP contribution in [0.25, 0.3) is 5.76 Å². The maximum absolute atomic E-state index is 12.4. The number of aliphatic hydroxyl groups is 1. The average molecular weight is 441 g/mol. The van der Waals surface area contributed by atoms with E-state index in [1.807, 2.05) is 0 Å². The molecule has 0 atom stereocenters. The Balaban J connectivity index is 2.33. The number of thioether (sulfide) groups is 1. The molecule has 0 unspecified atom stereocenters. The minimum Gasteiger partial charge on any atom is -0.505 e. The molecule has 30 heavy (non-hydrogen) atoms. The zero-order valence-corrected chi connectivity index (χ0v) is 16.1. The number of hydrogen-bond acceptors (Lipinski definition) is 8. The normalized spacial score (nSPS) is 12.5. The van der Waals surface area contributed by atoms with E-state index in [1.54, 1.807) is 0 Å². The van der Waals surface area contributed by atoms with Crippen LogP contribution in [0, 0.1) is 10.1 Å². The lowest BCUT2D eigenvalue weighted by Gasteiger charge is -2.06. The number of nitrogens with zero attached hydrogens (tertiary/aromatic N) is 3. The van der Waals surface area contributed by atoms with Crippen LogP contribution in [-0.2, 0) is 9.53 Å². The van der Waals surface area contributed by atoms with Crippen LogP contribution < -0.4 is 0 Å². The van der Waals surface area contributed by atoms with E-state index in [2.05, 4.69) is 10.2 Å². The quantitative estimate of drug-likeness (QED) is 0.111. The molecule has 8 nitrogen and oxygen atoms in total. The van der Waals surface area contributed by atoms with Crippen LogP contribution in [0.4, 0.5) is 24.5 Å². The molecular weight excluding hydrogens is 427 g/mol. The van der Waals surface area contributed by atoms with E-state index >= 15 is 0 Å². The van der Waals surface area contributed by atoms with Crippen molar-refractivity contribution in [3.63, 3.8) is 0 Å². The average Bonchev–Trinajstić information content (AvgIpc) is 2.68. The Morgan fingerprint density at radius 1 is 1.17 bits per heavy atom. The molecule has 2 aromatic rings. The summed E-state index contributed by atoms with van der Waals surface area (Å²) in [6.45, 7) is 1.52. The van der Waals surface area contributed by atoms with E-state index in [1.165, 1.54) is 43.3 Å². The summed E-state index contributed by atoms with van der Waals surface area (Å²) in [7, 11) is 0. The molecule has 0 radical (unpaired) electrons. The Kier molecular flexibility index (Phi) is 7.53. The smallest absolute Gasteiger partial charge is 0.446 e. The van der Waals surface area contributed by atoms with Gasteiger partial charge in [0, 0.05) is 22.6 Å². The number of carbonyl (C=O) groups excluding carboxylic acids is 1. The summed E-state index contributed by atoms with van der Waals surface area (Å²) >= 11 is -0.293. The highest BCUT2D eigenvalue weighted by molar-refractivity contribution is 8.00. The van der Waals surface area contributed by atoms with Crippen molar-refractivity contribution in [2.75, 3.05) is 6.61 Å². The van der Waals surface area contributed by atoms with Crippen molar-refractivity contribution in [2.45, 2.75) is 17.3 Å². The maximum Gasteiger partial charge on any atom is 0.446 e. The number of carbonyl (C=O) groups is 1. The summed E-state index contributed by atoms with van der Waals surface area (Å²) in [5.41, 5.74) is -5.04. The molecule has 0 fully saturated rings. The summed E-state index contributed by atoms with van der Waals surface area (Å²) in [4.78, 5) is 22.2. The molecule has 158 valence electrons. The number of halogens is 3. The molecule has 0 heterocycles. The molecule has 12 heteroatoms. The van der Waals surface area contributed by atoms with Crippen LogP contribution in [0.2, 0.25) is 0 Å². The van der Waals surface area contributed by atoms with Gasteiger partial charge in [-0.25, -0.2) is 4.79 Å². The van der Waals surface area contributed by atoms with Gasteiger partial charge in [-0.2, -0.15) is 18.3 Å². The topological polar surface area (TPSA) is 114 Å². The van der Waals surface area contributed by atoms with Gasteiger partial charge in [-0.3, -0.25) is 10.1 Å². The first kappa shape index (κ1) is 22.9. The number of aliphatic hydroxyl groups excluding tert-OH is 1. The molecule has 0 saturated heterocycles. The number of esters is 1. The molecule has 2 aromatic carbocycles. The highest BCUT2D eigenvalue weighted by Gasteiger charge is 2.29. The predicted octanol–water partition coefficient (Wildman–Crippen LogP) is 5.78. The van der Waals surface area contributed by atoms with Crippen molar-refractivity contribution in [2.24, 2.45) is 10.2 Å². The Labute approximate surface area is 172 Å². The monoisotopic (exact) mass is 441 g/mol. The third kappa shape index (κ3) is 6.58. The first-order chi connectivity index (χ1) is 14.1. The number of non-ortho nitro benzene ring substituents is 1. The number of rotatable bonds is 7. The Bertz CT molecular complexity index is 974. The van der Waals surface area contributed by atoms with Crippen molar-refractivity contribution >= 4 is 34.9 Å². The van der Waals surface area contributed by atoms with Crippen molar-refractivity contribution in [3.05, 3.63) is 69.9 Å². The van der Waals surface area contributed by atoms with E-state index in [0.717, 1.165) is 12.1 Å². The molecule has 0 bridgehead atoms. The van der Waals surface area contributed by atoms with Gasteiger partial charge in [-0.1, -0.05) is 0 Å². The van der Waals surface area contributed by atoms with Gasteiger partial charge in [0.2, 0.25) is 5.70 Å². The van der Waals surface area contributed by atoms with Gasteiger partial charge in [0.05, 0.1) is 17.2 Å². The van der Waals surface area contributed by atoms with Crippen LogP contribution in [0.1, 0.15) is 12.5 Å². The van der Waals surface area contributed by atoms with Crippen LogP contribution in [0.3, 0.4) is 0 Å². The lowest BCUT2D eigenvalue weighted by Crippen LogP contribution is -2.08. The number of alkyl halides is 3. The summed E-state index contributed by atoms with van der Waals surface area (Å²) in [6.07, 6.45) is 0. The van der Waals surface area contributed by atoms with Gasteiger partial charge in [-0.05, 0) is 55.1 Å². The standard InChI is InChI=1S/C18H14F3N3O5S/c1-2-29-17(26)15(16(25)11-3-7-13(8-4-11)24(27)28)23-22-12-5-9-14(10-6-12)30-18(19,20)21/h3-10,25H,2H2,1H3/b16-15-,23-22?. The molecule has 0 spiro atoms. The third-order valence-corrected chi connectivity index (χ3v) is 4.12. The van der Waals surface area contributed by atoms with E-state index in [0.29, 0.717) is 0 Å². The highest BCUT2D eigenvalue weighted by atomic mass is 32.2.